The first-order chi connectivity index (χ1) is 9.70. The number of thioether (sulfide) groups is 1. The third kappa shape index (κ3) is 4.10. The zero-order chi connectivity index (χ0) is 14.4. The fourth-order valence-corrected chi connectivity index (χ4v) is 3.65. The van der Waals surface area contributed by atoms with Gasteiger partial charge in [0, 0.05) is 17.9 Å². The average Bonchev–Trinajstić information content (AvgIpc) is 2.46. The summed E-state index contributed by atoms with van der Waals surface area (Å²) in [5, 5.41) is 15.3. The minimum absolute atomic E-state index is 0.127. The van der Waals surface area contributed by atoms with E-state index in [-0.39, 0.29) is 10.6 Å². The van der Waals surface area contributed by atoms with Crippen LogP contribution in [0.4, 0.5) is 11.5 Å². The highest BCUT2D eigenvalue weighted by Gasteiger charge is 2.22. The highest BCUT2D eigenvalue weighted by atomic mass is 32.2. The smallest absolute Gasteiger partial charge is 0.301 e. The molecule has 0 atom stereocenters. The Hall–Kier alpha value is -1.30. The molecule has 1 N–H and O–H groups in total. The van der Waals surface area contributed by atoms with Crippen molar-refractivity contribution in [3.05, 3.63) is 22.2 Å². The minimum Gasteiger partial charge on any atom is -0.370 e. The maximum absolute atomic E-state index is 11.1. The highest BCUT2D eigenvalue weighted by Crippen LogP contribution is 2.37. The predicted molar refractivity (Wildman–Crippen MR) is 82.4 cm³/mol. The second-order valence-corrected chi connectivity index (χ2v) is 6.37. The molecule has 0 radical (unpaired) electrons. The van der Waals surface area contributed by atoms with E-state index in [9.17, 15) is 10.1 Å². The van der Waals surface area contributed by atoms with Gasteiger partial charge in [-0.05, 0) is 25.3 Å². The number of nitro groups is 1. The Kier molecular flexibility index (Phi) is 5.64. The van der Waals surface area contributed by atoms with Gasteiger partial charge in [-0.25, -0.2) is 4.98 Å². The Morgan fingerprint density at radius 2 is 2.15 bits per heavy atom. The Morgan fingerprint density at radius 1 is 1.40 bits per heavy atom. The molecule has 1 aliphatic rings. The van der Waals surface area contributed by atoms with Gasteiger partial charge in [0.1, 0.15) is 5.82 Å². The van der Waals surface area contributed by atoms with Crippen molar-refractivity contribution < 1.29 is 4.92 Å². The van der Waals surface area contributed by atoms with Gasteiger partial charge in [-0.3, -0.25) is 10.1 Å². The number of rotatable bonds is 6. The first kappa shape index (κ1) is 15.1. The van der Waals surface area contributed by atoms with Crippen LogP contribution in [0.25, 0.3) is 0 Å². The van der Waals surface area contributed by atoms with Crippen LogP contribution in [0.15, 0.2) is 17.2 Å². The van der Waals surface area contributed by atoms with Crippen molar-refractivity contribution in [2.45, 2.75) is 55.7 Å². The van der Waals surface area contributed by atoms with Crippen LogP contribution in [-0.4, -0.2) is 21.7 Å². The minimum atomic E-state index is -0.332. The molecule has 1 heterocycles. The van der Waals surface area contributed by atoms with Crippen LogP contribution in [0.3, 0.4) is 0 Å². The van der Waals surface area contributed by atoms with Crippen molar-refractivity contribution in [2.24, 2.45) is 0 Å². The number of pyridine rings is 1. The average molecular weight is 295 g/mol. The summed E-state index contributed by atoms with van der Waals surface area (Å²) >= 11 is 1.57. The maximum Gasteiger partial charge on any atom is 0.301 e. The van der Waals surface area contributed by atoms with E-state index in [2.05, 4.69) is 17.2 Å². The topological polar surface area (TPSA) is 68.1 Å². The van der Waals surface area contributed by atoms with E-state index < -0.39 is 0 Å². The van der Waals surface area contributed by atoms with Crippen molar-refractivity contribution in [3.8, 4) is 0 Å². The van der Waals surface area contributed by atoms with E-state index in [4.69, 9.17) is 0 Å². The maximum atomic E-state index is 11.1. The van der Waals surface area contributed by atoms with Crippen LogP contribution in [0.5, 0.6) is 0 Å². The van der Waals surface area contributed by atoms with Gasteiger partial charge < -0.3 is 5.32 Å². The largest absolute Gasteiger partial charge is 0.370 e. The number of hydrogen-bond donors (Lipinski definition) is 1. The molecule has 20 heavy (non-hydrogen) atoms. The van der Waals surface area contributed by atoms with Crippen molar-refractivity contribution >= 4 is 23.3 Å². The summed E-state index contributed by atoms with van der Waals surface area (Å²) in [5.74, 6) is 0.732. The van der Waals surface area contributed by atoms with Crippen molar-refractivity contribution in [1.29, 1.82) is 0 Å². The van der Waals surface area contributed by atoms with Crippen molar-refractivity contribution in [1.82, 2.24) is 4.98 Å². The second-order valence-electron chi connectivity index (χ2n) is 5.08. The molecule has 0 amide bonds. The molecule has 0 bridgehead atoms. The Balaban J connectivity index is 2.14. The number of hydrogen-bond acceptors (Lipinski definition) is 5. The molecule has 0 unspecified atom stereocenters. The van der Waals surface area contributed by atoms with Crippen LogP contribution in [0, 0.1) is 10.1 Å². The SMILES string of the molecule is CCCNc1ccc([N+](=O)[O-])c(SC2CCCCC2)n1. The molecule has 6 heteroatoms. The van der Waals surface area contributed by atoms with E-state index in [0.29, 0.717) is 10.3 Å². The molecule has 5 nitrogen and oxygen atoms in total. The normalized spacial score (nSPS) is 16.1. The summed E-state index contributed by atoms with van der Waals surface area (Å²) < 4.78 is 0. The molecule has 2 rings (SSSR count). The van der Waals surface area contributed by atoms with Gasteiger partial charge in [0.05, 0.1) is 4.92 Å². The lowest BCUT2D eigenvalue weighted by Crippen LogP contribution is -2.10. The summed E-state index contributed by atoms with van der Waals surface area (Å²) in [6, 6.07) is 3.26. The zero-order valence-corrected chi connectivity index (χ0v) is 12.6. The number of anilines is 1. The van der Waals surface area contributed by atoms with E-state index in [1.165, 1.54) is 19.3 Å². The van der Waals surface area contributed by atoms with Crippen molar-refractivity contribution in [2.75, 3.05) is 11.9 Å². The van der Waals surface area contributed by atoms with Gasteiger partial charge in [-0.2, -0.15) is 0 Å². The number of nitrogens with one attached hydrogen (secondary N) is 1. The lowest BCUT2D eigenvalue weighted by atomic mass is 10.0. The third-order valence-electron chi connectivity index (χ3n) is 3.42. The molecule has 110 valence electrons. The second kappa shape index (κ2) is 7.47. The first-order valence-corrected chi connectivity index (χ1v) is 8.14. The summed E-state index contributed by atoms with van der Waals surface area (Å²) in [4.78, 5) is 15.2. The van der Waals surface area contributed by atoms with Gasteiger partial charge in [-0.15, -0.1) is 0 Å². The summed E-state index contributed by atoms with van der Waals surface area (Å²) in [7, 11) is 0. The highest BCUT2D eigenvalue weighted by molar-refractivity contribution is 8.00. The van der Waals surface area contributed by atoms with E-state index >= 15 is 0 Å². The molecule has 1 aliphatic carbocycles. The van der Waals surface area contributed by atoms with Gasteiger partial charge in [0.15, 0.2) is 5.03 Å². The lowest BCUT2D eigenvalue weighted by Gasteiger charge is -2.20. The fraction of sp³-hybridized carbons (Fsp3) is 0.643. The molecule has 1 aromatic heterocycles. The van der Waals surface area contributed by atoms with Crippen LogP contribution in [0.1, 0.15) is 45.4 Å². The Morgan fingerprint density at radius 3 is 2.80 bits per heavy atom. The standard InChI is InChI=1S/C14H21N3O2S/c1-2-10-15-13-9-8-12(17(18)19)14(16-13)20-11-6-4-3-5-7-11/h8-9,11H,2-7,10H2,1H3,(H,15,16). The molecule has 1 saturated carbocycles. The van der Waals surface area contributed by atoms with E-state index in [0.717, 1.165) is 31.6 Å². The number of nitrogens with zero attached hydrogens (tertiary/aromatic N) is 2. The monoisotopic (exact) mass is 295 g/mol. The summed E-state index contributed by atoms with van der Waals surface area (Å²) in [5.41, 5.74) is 0.127. The molecule has 1 aromatic rings. The third-order valence-corrected chi connectivity index (χ3v) is 4.75. The van der Waals surface area contributed by atoms with Crippen LogP contribution in [-0.2, 0) is 0 Å². The summed E-state index contributed by atoms with van der Waals surface area (Å²) in [6.07, 6.45) is 7.00. The van der Waals surface area contributed by atoms with Crippen LogP contribution < -0.4 is 5.32 Å². The Labute approximate surface area is 123 Å². The molecular formula is C14H21N3O2S. The van der Waals surface area contributed by atoms with Gasteiger partial charge >= 0.3 is 5.69 Å². The van der Waals surface area contributed by atoms with Gasteiger partial charge in [-0.1, -0.05) is 37.9 Å². The van der Waals surface area contributed by atoms with Gasteiger partial charge in [0.25, 0.3) is 0 Å². The quantitative estimate of drug-likeness (QED) is 0.628. The van der Waals surface area contributed by atoms with Crippen LogP contribution in [0.2, 0.25) is 0 Å². The van der Waals surface area contributed by atoms with Crippen LogP contribution >= 0.6 is 11.8 Å². The first-order valence-electron chi connectivity index (χ1n) is 7.26. The Bertz CT molecular complexity index is 462. The molecule has 0 aromatic carbocycles. The predicted octanol–water partition coefficient (Wildman–Crippen LogP) is 4.24. The number of aromatic nitrogens is 1. The molecule has 0 saturated heterocycles. The van der Waals surface area contributed by atoms with Gasteiger partial charge in [0.2, 0.25) is 0 Å². The molecule has 0 spiro atoms. The fourth-order valence-electron chi connectivity index (χ4n) is 2.35. The van der Waals surface area contributed by atoms with E-state index in [1.807, 2.05) is 0 Å². The summed E-state index contributed by atoms with van der Waals surface area (Å²) in [6.45, 7) is 2.91. The van der Waals surface area contributed by atoms with E-state index in [1.54, 1.807) is 23.9 Å². The zero-order valence-electron chi connectivity index (χ0n) is 11.8. The molecular weight excluding hydrogens is 274 g/mol. The lowest BCUT2D eigenvalue weighted by molar-refractivity contribution is -0.388. The van der Waals surface area contributed by atoms with Crippen molar-refractivity contribution in [3.63, 3.8) is 0 Å². The molecule has 1 fully saturated rings. The molecule has 0 aliphatic heterocycles.